The van der Waals surface area contributed by atoms with E-state index in [1.165, 1.54) is 6.08 Å². The van der Waals surface area contributed by atoms with E-state index >= 15 is 0 Å². The number of H-pyrrole nitrogens is 1. The fraction of sp³-hybridized carbons (Fsp3) is 0.143. The number of nitrogens with zero attached hydrogens (tertiary/aromatic N) is 1. The molecule has 0 atom stereocenters. The predicted molar refractivity (Wildman–Crippen MR) is 68.5 cm³/mol. The summed E-state index contributed by atoms with van der Waals surface area (Å²) in [5.74, 6) is -0.594. The minimum atomic E-state index is -0.594. The molecule has 0 amide bonds. The lowest BCUT2D eigenvalue weighted by Gasteiger charge is -2.01. The van der Waals surface area contributed by atoms with Crippen molar-refractivity contribution >= 4 is 22.9 Å². The van der Waals surface area contributed by atoms with E-state index in [4.69, 9.17) is 10.00 Å². The fourth-order valence-corrected chi connectivity index (χ4v) is 1.73. The Morgan fingerprint density at radius 1 is 1.50 bits per heavy atom. The molecule has 1 aromatic heterocycles. The molecule has 18 heavy (non-hydrogen) atoms. The van der Waals surface area contributed by atoms with Crippen LogP contribution in [0.4, 0.5) is 0 Å². The molecule has 1 heterocycles. The summed E-state index contributed by atoms with van der Waals surface area (Å²) in [4.78, 5) is 14.6. The van der Waals surface area contributed by atoms with E-state index in [-0.39, 0.29) is 12.2 Å². The first kappa shape index (κ1) is 11.9. The van der Waals surface area contributed by atoms with Crippen LogP contribution in [0.3, 0.4) is 0 Å². The minimum Gasteiger partial charge on any atom is -0.462 e. The normalized spacial score (nSPS) is 11.2. The van der Waals surface area contributed by atoms with Gasteiger partial charge in [-0.25, -0.2) is 4.79 Å². The number of benzene rings is 1. The zero-order valence-electron chi connectivity index (χ0n) is 9.93. The van der Waals surface area contributed by atoms with Gasteiger partial charge < -0.3 is 9.72 Å². The molecule has 0 radical (unpaired) electrons. The maximum Gasteiger partial charge on any atom is 0.348 e. The summed E-state index contributed by atoms with van der Waals surface area (Å²) in [6, 6.07) is 9.48. The Bertz CT molecular complexity index is 647. The average Bonchev–Trinajstić information content (AvgIpc) is 2.85. The standard InChI is InChI=1S/C14H12N2O2/c1-2-18-14(17)12(9-15)8-11-5-3-4-10-6-7-16-13(10)11/h3-8,16H,2H2,1H3/b12-8+. The summed E-state index contributed by atoms with van der Waals surface area (Å²) in [5.41, 5.74) is 1.69. The van der Waals surface area contributed by atoms with Gasteiger partial charge in [-0.2, -0.15) is 5.26 Å². The molecule has 0 saturated heterocycles. The number of aromatic nitrogens is 1. The molecule has 0 bridgehead atoms. The Morgan fingerprint density at radius 3 is 3.06 bits per heavy atom. The molecule has 0 aliphatic heterocycles. The number of para-hydroxylation sites is 1. The lowest BCUT2D eigenvalue weighted by Crippen LogP contribution is -2.06. The van der Waals surface area contributed by atoms with Crippen LogP contribution in [0.2, 0.25) is 0 Å². The molecule has 2 aromatic rings. The molecule has 0 fully saturated rings. The Kier molecular flexibility index (Phi) is 3.44. The Hall–Kier alpha value is -2.54. The highest BCUT2D eigenvalue weighted by molar-refractivity contribution is 6.00. The summed E-state index contributed by atoms with van der Waals surface area (Å²) >= 11 is 0. The molecule has 0 aliphatic rings. The van der Waals surface area contributed by atoms with Gasteiger partial charge in [-0.05, 0) is 24.5 Å². The molecule has 1 aromatic carbocycles. The number of fused-ring (bicyclic) bond motifs is 1. The molecule has 2 rings (SSSR count). The number of aromatic amines is 1. The number of hydrogen-bond acceptors (Lipinski definition) is 3. The van der Waals surface area contributed by atoms with Crippen molar-refractivity contribution in [3.8, 4) is 6.07 Å². The maximum absolute atomic E-state index is 11.5. The summed E-state index contributed by atoms with van der Waals surface area (Å²) in [6.45, 7) is 1.96. The average molecular weight is 240 g/mol. The number of nitrogens with one attached hydrogen (secondary N) is 1. The van der Waals surface area contributed by atoms with E-state index in [2.05, 4.69) is 4.98 Å². The Balaban J connectivity index is 2.45. The SMILES string of the molecule is CCOC(=O)/C(C#N)=C/c1cccc2cc[nH]c12. The molecule has 4 heteroatoms. The van der Waals surface area contributed by atoms with Crippen molar-refractivity contribution in [2.75, 3.05) is 6.61 Å². The highest BCUT2D eigenvalue weighted by Crippen LogP contribution is 2.19. The van der Waals surface area contributed by atoms with Crippen LogP contribution in [0, 0.1) is 11.3 Å². The molecule has 1 N–H and O–H groups in total. The van der Waals surface area contributed by atoms with Gasteiger partial charge in [0, 0.05) is 11.8 Å². The second-order valence-electron chi connectivity index (χ2n) is 3.68. The third-order valence-electron chi connectivity index (χ3n) is 2.54. The van der Waals surface area contributed by atoms with Crippen LogP contribution in [0.1, 0.15) is 12.5 Å². The van der Waals surface area contributed by atoms with Crippen LogP contribution in [0.15, 0.2) is 36.0 Å². The number of ether oxygens (including phenoxy) is 1. The lowest BCUT2D eigenvalue weighted by atomic mass is 10.1. The lowest BCUT2D eigenvalue weighted by molar-refractivity contribution is -0.137. The first-order valence-corrected chi connectivity index (χ1v) is 5.61. The summed E-state index contributed by atoms with van der Waals surface area (Å²) in [6.07, 6.45) is 3.36. The van der Waals surface area contributed by atoms with Crippen molar-refractivity contribution < 1.29 is 9.53 Å². The van der Waals surface area contributed by atoms with Crippen LogP contribution in [-0.4, -0.2) is 17.6 Å². The third-order valence-corrected chi connectivity index (χ3v) is 2.54. The van der Waals surface area contributed by atoms with E-state index in [9.17, 15) is 4.79 Å². The number of rotatable bonds is 3. The predicted octanol–water partition coefficient (Wildman–Crippen LogP) is 2.64. The van der Waals surface area contributed by atoms with E-state index in [0.29, 0.717) is 0 Å². The van der Waals surface area contributed by atoms with Gasteiger partial charge in [0.1, 0.15) is 11.6 Å². The number of carbonyl (C=O) groups is 1. The molecular formula is C14H12N2O2. The molecule has 0 aliphatic carbocycles. The van der Waals surface area contributed by atoms with Gasteiger partial charge in [-0.15, -0.1) is 0 Å². The van der Waals surface area contributed by atoms with Crippen LogP contribution in [-0.2, 0) is 9.53 Å². The largest absolute Gasteiger partial charge is 0.462 e. The summed E-state index contributed by atoms with van der Waals surface area (Å²) in [7, 11) is 0. The topological polar surface area (TPSA) is 65.9 Å². The van der Waals surface area contributed by atoms with Gasteiger partial charge >= 0.3 is 5.97 Å². The number of hydrogen-bond donors (Lipinski definition) is 1. The van der Waals surface area contributed by atoms with Crippen LogP contribution < -0.4 is 0 Å². The quantitative estimate of drug-likeness (QED) is 0.509. The first-order valence-electron chi connectivity index (χ1n) is 5.61. The van der Waals surface area contributed by atoms with Crippen molar-refractivity contribution in [2.24, 2.45) is 0 Å². The minimum absolute atomic E-state index is 0.000972. The first-order chi connectivity index (χ1) is 8.76. The number of carbonyl (C=O) groups excluding carboxylic acids is 1. The van der Waals surface area contributed by atoms with Gasteiger partial charge in [-0.3, -0.25) is 0 Å². The molecule has 0 unspecified atom stereocenters. The number of esters is 1. The Labute approximate surface area is 104 Å². The van der Waals surface area contributed by atoms with Crippen LogP contribution in [0.25, 0.3) is 17.0 Å². The van der Waals surface area contributed by atoms with E-state index < -0.39 is 5.97 Å². The second-order valence-corrected chi connectivity index (χ2v) is 3.68. The van der Waals surface area contributed by atoms with E-state index in [0.717, 1.165) is 16.5 Å². The van der Waals surface area contributed by atoms with Crippen molar-refractivity contribution in [1.82, 2.24) is 4.98 Å². The van der Waals surface area contributed by atoms with Crippen molar-refractivity contribution in [3.05, 3.63) is 41.6 Å². The van der Waals surface area contributed by atoms with Gasteiger partial charge in [0.05, 0.1) is 12.1 Å². The van der Waals surface area contributed by atoms with Crippen molar-refractivity contribution in [3.63, 3.8) is 0 Å². The molecular weight excluding hydrogens is 228 g/mol. The van der Waals surface area contributed by atoms with E-state index in [1.54, 1.807) is 6.92 Å². The molecule has 4 nitrogen and oxygen atoms in total. The highest BCUT2D eigenvalue weighted by Gasteiger charge is 2.10. The van der Waals surface area contributed by atoms with Gasteiger partial charge in [0.15, 0.2) is 0 Å². The third kappa shape index (κ3) is 2.25. The maximum atomic E-state index is 11.5. The van der Waals surface area contributed by atoms with Crippen molar-refractivity contribution in [1.29, 1.82) is 5.26 Å². The summed E-state index contributed by atoms with van der Waals surface area (Å²) in [5, 5.41) is 10.0. The van der Waals surface area contributed by atoms with Gasteiger partial charge in [0.25, 0.3) is 0 Å². The van der Waals surface area contributed by atoms with Crippen LogP contribution >= 0.6 is 0 Å². The molecule has 90 valence electrons. The smallest absolute Gasteiger partial charge is 0.348 e. The second kappa shape index (κ2) is 5.19. The van der Waals surface area contributed by atoms with Gasteiger partial charge in [-0.1, -0.05) is 18.2 Å². The zero-order chi connectivity index (χ0) is 13.0. The summed E-state index contributed by atoms with van der Waals surface area (Å²) < 4.78 is 4.82. The number of nitriles is 1. The fourth-order valence-electron chi connectivity index (χ4n) is 1.73. The Morgan fingerprint density at radius 2 is 2.33 bits per heavy atom. The van der Waals surface area contributed by atoms with E-state index in [1.807, 2.05) is 36.5 Å². The monoisotopic (exact) mass is 240 g/mol. The zero-order valence-corrected chi connectivity index (χ0v) is 9.93. The molecule has 0 spiro atoms. The van der Waals surface area contributed by atoms with Gasteiger partial charge in [0.2, 0.25) is 0 Å². The molecule has 0 saturated carbocycles. The highest BCUT2D eigenvalue weighted by atomic mass is 16.5. The van der Waals surface area contributed by atoms with Crippen molar-refractivity contribution in [2.45, 2.75) is 6.92 Å². The van der Waals surface area contributed by atoms with Crippen LogP contribution in [0.5, 0.6) is 0 Å².